The number of nitrogens with one attached hydrogen (secondary N) is 1. The third kappa shape index (κ3) is 4.15. The van der Waals surface area contributed by atoms with Crippen molar-refractivity contribution in [2.24, 2.45) is 0 Å². The Morgan fingerprint density at radius 2 is 2.04 bits per heavy atom. The summed E-state index contributed by atoms with van der Waals surface area (Å²) in [6, 6.07) is 12.2. The van der Waals surface area contributed by atoms with Crippen molar-refractivity contribution in [3.63, 3.8) is 0 Å². The Kier molecular flexibility index (Phi) is 5.52. The van der Waals surface area contributed by atoms with Gasteiger partial charge in [0.25, 0.3) is 5.91 Å². The zero-order valence-electron chi connectivity index (χ0n) is 14.8. The van der Waals surface area contributed by atoms with Gasteiger partial charge in [-0.3, -0.25) is 9.89 Å². The van der Waals surface area contributed by atoms with E-state index in [0.29, 0.717) is 28.9 Å². The quantitative estimate of drug-likeness (QED) is 0.623. The van der Waals surface area contributed by atoms with E-state index in [2.05, 4.69) is 10.2 Å². The Morgan fingerprint density at radius 3 is 2.74 bits per heavy atom. The number of benzene rings is 2. The second-order valence-electron chi connectivity index (χ2n) is 6.12. The minimum absolute atomic E-state index is 0.0455. The lowest BCUT2D eigenvalue weighted by Crippen LogP contribution is -2.34. The van der Waals surface area contributed by atoms with Crippen molar-refractivity contribution >= 4 is 5.91 Å². The largest absolute Gasteiger partial charge is 0.508 e. The molecule has 0 aliphatic heterocycles. The molecule has 1 atom stereocenters. The van der Waals surface area contributed by atoms with Crippen LogP contribution in [0.5, 0.6) is 5.75 Å². The summed E-state index contributed by atoms with van der Waals surface area (Å²) in [4.78, 5) is 14.4. The Balaban J connectivity index is 1.83. The van der Waals surface area contributed by atoms with E-state index in [4.69, 9.17) is 0 Å². The Morgan fingerprint density at radius 1 is 1.26 bits per heavy atom. The number of hydrogen-bond donors (Lipinski definition) is 3. The molecule has 0 unspecified atom stereocenters. The van der Waals surface area contributed by atoms with Crippen molar-refractivity contribution in [1.29, 1.82) is 0 Å². The molecule has 3 rings (SSSR count). The van der Waals surface area contributed by atoms with Crippen LogP contribution in [0.3, 0.4) is 0 Å². The highest BCUT2D eigenvalue weighted by Crippen LogP contribution is 2.24. The molecule has 1 amide bonds. The van der Waals surface area contributed by atoms with E-state index in [0.717, 1.165) is 0 Å². The summed E-state index contributed by atoms with van der Waals surface area (Å²) in [7, 11) is 0. The van der Waals surface area contributed by atoms with Gasteiger partial charge in [-0.15, -0.1) is 0 Å². The number of amides is 1. The first-order valence-electron chi connectivity index (χ1n) is 8.55. The topological polar surface area (TPSA) is 89.4 Å². The Bertz CT molecular complexity index is 941. The lowest BCUT2D eigenvalue weighted by atomic mass is 10.1. The van der Waals surface area contributed by atoms with Crippen molar-refractivity contribution in [2.45, 2.75) is 13.0 Å². The summed E-state index contributed by atoms with van der Waals surface area (Å²) in [5.74, 6) is -0.694. The first-order chi connectivity index (χ1) is 13.0. The van der Waals surface area contributed by atoms with Gasteiger partial charge in [-0.05, 0) is 36.8 Å². The predicted octanol–water partition coefficient (Wildman–Crippen LogP) is 3.12. The van der Waals surface area contributed by atoms with Crippen molar-refractivity contribution in [3.8, 4) is 17.0 Å². The van der Waals surface area contributed by atoms with Crippen LogP contribution in [0.15, 0.2) is 54.7 Å². The molecule has 3 aromatic rings. The molecule has 3 N–H and O–H groups in total. The zero-order valence-corrected chi connectivity index (χ0v) is 14.8. The molecule has 0 aliphatic rings. The summed E-state index contributed by atoms with van der Waals surface area (Å²) in [5.41, 5.74) is 1.74. The van der Waals surface area contributed by atoms with Gasteiger partial charge in [-0.2, -0.15) is 5.10 Å². The summed E-state index contributed by atoms with van der Waals surface area (Å²) in [6.07, 6.45) is 0.442. The summed E-state index contributed by atoms with van der Waals surface area (Å²) in [5, 5.41) is 26.7. The number of aromatic hydroxyl groups is 1. The number of hydrogen-bond acceptors (Lipinski definition) is 4. The first kappa shape index (κ1) is 18.6. The maximum Gasteiger partial charge on any atom is 0.257 e. The average Bonchev–Trinajstić information content (AvgIpc) is 3.15. The smallest absolute Gasteiger partial charge is 0.257 e. The van der Waals surface area contributed by atoms with Gasteiger partial charge in [0.15, 0.2) is 0 Å². The highest BCUT2D eigenvalue weighted by Gasteiger charge is 2.23. The number of aromatic amines is 1. The van der Waals surface area contributed by atoms with Crippen LogP contribution in [-0.4, -0.2) is 44.3 Å². The number of likely N-dealkylation sites (N-methyl/N-ethyl adjacent to an activating group) is 1. The van der Waals surface area contributed by atoms with Crippen molar-refractivity contribution < 1.29 is 19.4 Å². The molecule has 1 aromatic heterocycles. The highest BCUT2D eigenvalue weighted by atomic mass is 19.1. The summed E-state index contributed by atoms with van der Waals surface area (Å²) in [6.45, 7) is 2.21. The average molecular weight is 369 g/mol. The van der Waals surface area contributed by atoms with Crippen LogP contribution >= 0.6 is 0 Å². The molecule has 0 saturated heterocycles. The van der Waals surface area contributed by atoms with Crippen LogP contribution < -0.4 is 0 Å². The summed E-state index contributed by atoms with van der Waals surface area (Å²) >= 11 is 0. The molecule has 0 bridgehead atoms. The molecule has 7 heteroatoms. The molecule has 0 saturated carbocycles. The van der Waals surface area contributed by atoms with E-state index in [1.165, 1.54) is 35.4 Å². The zero-order chi connectivity index (χ0) is 19.4. The third-order valence-electron chi connectivity index (χ3n) is 4.30. The van der Waals surface area contributed by atoms with Crippen LogP contribution in [0.4, 0.5) is 4.39 Å². The number of H-pyrrole nitrogens is 1. The number of carbonyl (C=O) groups is 1. The number of nitrogens with zero attached hydrogens (tertiary/aromatic N) is 2. The highest BCUT2D eigenvalue weighted by molar-refractivity contribution is 5.99. The number of aliphatic hydroxyl groups is 1. The number of rotatable bonds is 6. The minimum atomic E-state index is -0.953. The van der Waals surface area contributed by atoms with Crippen LogP contribution in [0, 0.1) is 5.82 Å². The number of phenolic OH excluding ortho intramolecular Hbond substituents is 1. The van der Waals surface area contributed by atoms with Gasteiger partial charge in [0.05, 0.1) is 30.1 Å². The number of carbonyl (C=O) groups excluding carboxylic acids is 1. The lowest BCUT2D eigenvalue weighted by Gasteiger charge is -2.24. The lowest BCUT2D eigenvalue weighted by molar-refractivity contribution is 0.0635. The fourth-order valence-corrected chi connectivity index (χ4v) is 2.88. The van der Waals surface area contributed by atoms with E-state index in [9.17, 15) is 19.4 Å². The standard InChI is InChI=1S/C20H20FN3O3/c1-2-24(12-18(26)13-5-4-8-16(25)10-13)20(27)17-11-22-23-19(17)14-6-3-7-15(21)9-14/h3-11,18,25-26H,2,12H2,1H3,(H,22,23)/t18-/m0/s1. The molecule has 27 heavy (non-hydrogen) atoms. The number of aliphatic hydroxyl groups excluding tert-OH is 1. The fourth-order valence-electron chi connectivity index (χ4n) is 2.88. The molecule has 0 spiro atoms. The molecular weight excluding hydrogens is 349 g/mol. The van der Waals surface area contributed by atoms with Crippen molar-refractivity contribution in [2.75, 3.05) is 13.1 Å². The van der Waals surface area contributed by atoms with E-state index < -0.39 is 11.9 Å². The maximum absolute atomic E-state index is 13.5. The Labute approximate surface area is 155 Å². The fraction of sp³-hybridized carbons (Fsp3) is 0.200. The first-order valence-corrected chi connectivity index (χ1v) is 8.55. The van der Waals surface area contributed by atoms with E-state index in [1.807, 2.05) is 0 Å². The van der Waals surface area contributed by atoms with Crippen LogP contribution in [0.2, 0.25) is 0 Å². The second kappa shape index (κ2) is 8.01. The van der Waals surface area contributed by atoms with Crippen molar-refractivity contribution in [3.05, 3.63) is 71.7 Å². The molecule has 0 fully saturated rings. The minimum Gasteiger partial charge on any atom is -0.508 e. The van der Waals surface area contributed by atoms with Gasteiger partial charge in [-0.25, -0.2) is 4.39 Å². The van der Waals surface area contributed by atoms with Gasteiger partial charge in [-0.1, -0.05) is 24.3 Å². The van der Waals surface area contributed by atoms with Gasteiger partial charge < -0.3 is 15.1 Å². The molecule has 6 nitrogen and oxygen atoms in total. The van der Waals surface area contributed by atoms with Gasteiger partial charge in [0.1, 0.15) is 11.6 Å². The van der Waals surface area contributed by atoms with Gasteiger partial charge in [0, 0.05) is 12.1 Å². The maximum atomic E-state index is 13.5. The van der Waals surface area contributed by atoms with Crippen molar-refractivity contribution in [1.82, 2.24) is 15.1 Å². The van der Waals surface area contributed by atoms with Crippen LogP contribution in [-0.2, 0) is 0 Å². The molecule has 2 aromatic carbocycles. The third-order valence-corrected chi connectivity index (χ3v) is 4.30. The molecule has 0 radical (unpaired) electrons. The van der Waals surface area contributed by atoms with Gasteiger partial charge in [0.2, 0.25) is 0 Å². The number of aromatic nitrogens is 2. The molecular formula is C20H20FN3O3. The summed E-state index contributed by atoms with van der Waals surface area (Å²) < 4.78 is 13.5. The van der Waals surface area contributed by atoms with E-state index in [-0.39, 0.29) is 18.2 Å². The van der Waals surface area contributed by atoms with Gasteiger partial charge >= 0.3 is 0 Å². The SMILES string of the molecule is CCN(C[C@H](O)c1cccc(O)c1)C(=O)c1cn[nH]c1-c1cccc(F)c1. The van der Waals surface area contributed by atoms with E-state index >= 15 is 0 Å². The molecule has 140 valence electrons. The Hall–Kier alpha value is -3.19. The number of halogens is 1. The second-order valence-corrected chi connectivity index (χ2v) is 6.12. The molecule has 0 aliphatic carbocycles. The van der Waals surface area contributed by atoms with E-state index in [1.54, 1.807) is 31.2 Å². The monoisotopic (exact) mass is 369 g/mol. The van der Waals surface area contributed by atoms with Crippen LogP contribution in [0.25, 0.3) is 11.3 Å². The normalized spacial score (nSPS) is 12.0. The molecule has 1 heterocycles. The van der Waals surface area contributed by atoms with Crippen LogP contribution in [0.1, 0.15) is 28.9 Å². The number of phenols is 1. The predicted molar refractivity (Wildman–Crippen MR) is 98.6 cm³/mol.